The van der Waals surface area contributed by atoms with Crippen LogP contribution in [0.3, 0.4) is 0 Å². The lowest BCUT2D eigenvalue weighted by Crippen LogP contribution is -2.40. The highest BCUT2D eigenvalue weighted by Gasteiger charge is 2.23. The van der Waals surface area contributed by atoms with Crippen molar-refractivity contribution in [2.24, 2.45) is 0 Å². The van der Waals surface area contributed by atoms with Crippen LogP contribution in [0.15, 0.2) is 65.5 Å². The summed E-state index contributed by atoms with van der Waals surface area (Å²) in [7, 11) is 0. The highest BCUT2D eigenvalue weighted by atomic mass is 16.2. The Balaban J connectivity index is 1.64. The minimum atomic E-state index is -0.272. The maximum Gasteiger partial charge on any atom is 0.267 e. The van der Waals surface area contributed by atoms with Crippen LogP contribution in [-0.2, 0) is 17.8 Å². The third-order valence-electron chi connectivity index (χ3n) is 4.98. The third kappa shape index (κ3) is 3.40. The summed E-state index contributed by atoms with van der Waals surface area (Å²) < 4.78 is 1.27. The van der Waals surface area contributed by atoms with Gasteiger partial charge in [-0.15, -0.1) is 0 Å². The molecule has 1 aromatic heterocycles. The average Bonchev–Trinajstić information content (AvgIpc) is 2.69. The summed E-state index contributed by atoms with van der Waals surface area (Å²) in [5.41, 5.74) is 4.57. The second-order valence-electron chi connectivity index (χ2n) is 6.81. The first kappa shape index (κ1) is 17.2. The number of carbonyl (C=O) groups excluding carboxylic acids is 1. The molecule has 1 aliphatic heterocycles. The summed E-state index contributed by atoms with van der Waals surface area (Å²) in [4.78, 5) is 27.0. The SMILES string of the molecule is Cc1ccccc1-c1ccc(=O)n(CC(=O)N2CCCc3ccccc32)n1. The molecule has 5 heteroatoms. The van der Waals surface area contributed by atoms with Gasteiger partial charge in [-0.05, 0) is 43.0 Å². The fourth-order valence-corrected chi connectivity index (χ4v) is 3.57. The molecular formula is C22H21N3O2. The normalized spacial score (nSPS) is 13.3. The standard InChI is InChI=1S/C22H21N3O2/c1-16-7-2-4-10-18(16)19-12-13-21(26)25(23-19)15-22(27)24-14-6-9-17-8-3-5-11-20(17)24/h2-5,7-8,10-13H,6,9,14-15H2,1H3. The maximum atomic E-state index is 12.9. The quantitative estimate of drug-likeness (QED) is 0.722. The average molecular weight is 359 g/mol. The molecule has 0 radical (unpaired) electrons. The number of hydrogen-bond donors (Lipinski definition) is 0. The number of rotatable bonds is 3. The third-order valence-corrected chi connectivity index (χ3v) is 4.98. The fourth-order valence-electron chi connectivity index (χ4n) is 3.57. The second-order valence-corrected chi connectivity index (χ2v) is 6.81. The smallest absolute Gasteiger partial charge is 0.267 e. The van der Waals surface area contributed by atoms with E-state index in [9.17, 15) is 9.59 Å². The van der Waals surface area contributed by atoms with Gasteiger partial charge in [0.15, 0.2) is 0 Å². The van der Waals surface area contributed by atoms with E-state index in [1.165, 1.54) is 16.3 Å². The van der Waals surface area contributed by atoms with Gasteiger partial charge < -0.3 is 4.90 Å². The molecule has 0 atom stereocenters. The Hall–Kier alpha value is -3.21. The maximum absolute atomic E-state index is 12.9. The molecule has 136 valence electrons. The van der Waals surface area contributed by atoms with Crippen molar-refractivity contribution in [3.63, 3.8) is 0 Å². The van der Waals surface area contributed by atoms with E-state index in [4.69, 9.17) is 0 Å². The van der Waals surface area contributed by atoms with Crippen molar-refractivity contribution in [1.29, 1.82) is 0 Å². The first-order valence-corrected chi connectivity index (χ1v) is 9.16. The van der Waals surface area contributed by atoms with Crippen molar-refractivity contribution in [3.05, 3.63) is 82.1 Å². The van der Waals surface area contributed by atoms with Crippen LogP contribution in [-0.4, -0.2) is 22.2 Å². The van der Waals surface area contributed by atoms with Crippen LogP contribution in [0.25, 0.3) is 11.3 Å². The van der Waals surface area contributed by atoms with Crippen LogP contribution in [0, 0.1) is 6.92 Å². The molecule has 5 nitrogen and oxygen atoms in total. The van der Waals surface area contributed by atoms with Crippen LogP contribution in [0.2, 0.25) is 0 Å². The summed E-state index contributed by atoms with van der Waals surface area (Å²) in [6.45, 7) is 2.61. The van der Waals surface area contributed by atoms with E-state index in [2.05, 4.69) is 11.2 Å². The van der Waals surface area contributed by atoms with Gasteiger partial charge in [-0.3, -0.25) is 9.59 Å². The number of amides is 1. The minimum absolute atomic E-state index is 0.0626. The lowest BCUT2D eigenvalue weighted by atomic mass is 10.0. The van der Waals surface area contributed by atoms with Gasteiger partial charge in [-0.2, -0.15) is 5.10 Å². The molecule has 0 spiro atoms. The number of anilines is 1. The molecule has 3 aromatic rings. The lowest BCUT2D eigenvalue weighted by Gasteiger charge is -2.29. The highest BCUT2D eigenvalue weighted by molar-refractivity contribution is 5.94. The van der Waals surface area contributed by atoms with Crippen LogP contribution >= 0.6 is 0 Å². The van der Waals surface area contributed by atoms with Crippen molar-refractivity contribution in [2.45, 2.75) is 26.3 Å². The Labute approximate surface area is 157 Å². The molecule has 0 unspecified atom stereocenters. The largest absolute Gasteiger partial charge is 0.311 e. The van der Waals surface area contributed by atoms with Gasteiger partial charge in [-0.25, -0.2) is 4.68 Å². The first-order valence-electron chi connectivity index (χ1n) is 9.16. The summed E-state index contributed by atoms with van der Waals surface area (Å²) >= 11 is 0. The molecule has 0 fully saturated rings. The van der Waals surface area contributed by atoms with Gasteiger partial charge in [0.1, 0.15) is 6.54 Å². The molecule has 1 aliphatic rings. The zero-order chi connectivity index (χ0) is 18.8. The Kier molecular flexibility index (Phi) is 4.59. The van der Waals surface area contributed by atoms with Crippen molar-refractivity contribution in [1.82, 2.24) is 9.78 Å². The van der Waals surface area contributed by atoms with E-state index in [0.717, 1.165) is 29.7 Å². The lowest BCUT2D eigenvalue weighted by molar-refractivity contribution is -0.119. The number of carbonyl (C=O) groups is 1. The van der Waals surface area contributed by atoms with E-state index < -0.39 is 0 Å². The Morgan fingerprint density at radius 1 is 1.04 bits per heavy atom. The molecule has 2 heterocycles. The van der Waals surface area contributed by atoms with Crippen molar-refractivity contribution in [3.8, 4) is 11.3 Å². The Morgan fingerprint density at radius 2 is 1.81 bits per heavy atom. The predicted molar refractivity (Wildman–Crippen MR) is 106 cm³/mol. The van der Waals surface area contributed by atoms with E-state index in [-0.39, 0.29) is 18.0 Å². The van der Waals surface area contributed by atoms with Gasteiger partial charge in [0.05, 0.1) is 5.69 Å². The molecule has 0 saturated heterocycles. The summed E-state index contributed by atoms with van der Waals surface area (Å²) in [6.07, 6.45) is 1.90. The highest BCUT2D eigenvalue weighted by Crippen LogP contribution is 2.27. The molecule has 0 aliphatic carbocycles. The van der Waals surface area contributed by atoms with E-state index in [1.54, 1.807) is 11.0 Å². The monoisotopic (exact) mass is 359 g/mol. The molecule has 1 amide bonds. The van der Waals surface area contributed by atoms with Gasteiger partial charge in [0.2, 0.25) is 5.91 Å². The van der Waals surface area contributed by atoms with E-state index in [1.807, 2.05) is 49.4 Å². The number of nitrogens with zero attached hydrogens (tertiary/aromatic N) is 3. The molecule has 0 bridgehead atoms. The van der Waals surface area contributed by atoms with Crippen LogP contribution in [0.5, 0.6) is 0 Å². The first-order chi connectivity index (χ1) is 13.1. The zero-order valence-electron chi connectivity index (χ0n) is 15.3. The molecule has 2 aromatic carbocycles. The van der Waals surface area contributed by atoms with Crippen LogP contribution < -0.4 is 10.5 Å². The van der Waals surface area contributed by atoms with Gasteiger partial charge in [0, 0.05) is 23.9 Å². The van der Waals surface area contributed by atoms with Crippen molar-refractivity contribution < 1.29 is 4.79 Å². The number of hydrogen-bond acceptors (Lipinski definition) is 3. The number of para-hydroxylation sites is 1. The van der Waals surface area contributed by atoms with Gasteiger partial charge in [-0.1, -0.05) is 42.5 Å². The number of aryl methyl sites for hydroxylation is 2. The molecule has 0 N–H and O–H groups in total. The molecule has 4 rings (SSSR count). The van der Waals surface area contributed by atoms with Crippen LogP contribution in [0.4, 0.5) is 5.69 Å². The zero-order valence-corrected chi connectivity index (χ0v) is 15.3. The second kappa shape index (κ2) is 7.19. The number of benzene rings is 2. The topological polar surface area (TPSA) is 55.2 Å². The van der Waals surface area contributed by atoms with Gasteiger partial charge in [0.25, 0.3) is 5.56 Å². The predicted octanol–water partition coefficient (Wildman–Crippen LogP) is 3.20. The van der Waals surface area contributed by atoms with E-state index >= 15 is 0 Å². The molecule has 27 heavy (non-hydrogen) atoms. The molecular weight excluding hydrogens is 338 g/mol. The minimum Gasteiger partial charge on any atom is -0.311 e. The summed E-state index contributed by atoms with van der Waals surface area (Å²) in [6, 6.07) is 19.0. The summed E-state index contributed by atoms with van der Waals surface area (Å²) in [5, 5.41) is 4.45. The fraction of sp³-hybridized carbons (Fsp3) is 0.227. The van der Waals surface area contributed by atoms with Crippen molar-refractivity contribution >= 4 is 11.6 Å². The molecule has 0 saturated carbocycles. The number of aromatic nitrogens is 2. The van der Waals surface area contributed by atoms with Gasteiger partial charge >= 0.3 is 0 Å². The van der Waals surface area contributed by atoms with E-state index in [0.29, 0.717) is 12.2 Å². The number of fused-ring (bicyclic) bond motifs is 1. The summed E-state index contributed by atoms with van der Waals surface area (Å²) in [5.74, 6) is -0.112. The van der Waals surface area contributed by atoms with Crippen LogP contribution in [0.1, 0.15) is 17.5 Å². The van der Waals surface area contributed by atoms with Crippen molar-refractivity contribution in [2.75, 3.05) is 11.4 Å². The Morgan fingerprint density at radius 3 is 2.67 bits per heavy atom. The Bertz CT molecular complexity index is 1060.